The molecule has 226 valence electrons. The largest absolute Gasteiger partial charge is 0.432 e. The number of ether oxygens (including phenoxy) is 1. The fraction of sp³-hybridized carbons (Fsp3) is 0.438. The molecule has 3 aromatic rings. The lowest BCUT2D eigenvalue weighted by Gasteiger charge is -2.32. The molecule has 6 rings (SSSR count). The molecule has 0 saturated carbocycles. The third-order valence-electron chi connectivity index (χ3n) is 9.50. The standard InChI is InChI=1S/C32H38N4O6Si/c1-5-14-35-26-13-12-22(36-30(39)24-11-7-6-9-21(24)18-33-36)16-25(26)32(31(35)40)20(2)29(43(3,4)41)27(42-32)17-28(38)34-15-8-10-23(34)19-37/h5-7,9,11-13,16,18,20,23,27,29,37,41H,1,8,10,14-15,17,19H2,2-4H3/t20-,23+,27+,29-,32+/m1/s1. The number of rotatable bonds is 7. The van der Waals surface area contributed by atoms with Crippen LogP contribution in [-0.2, 0) is 19.9 Å². The van der Waals surface area contributed by atoms with Gasteiger partial charge in [-0.2, -0.15) is 9.78 Å². The second kappa shape index (κ2) is 10.8. The van der Waals surface area contributed by atoms with Gasteiger partial charge in [-0.15, -0.1) is 6.58 Å². The van der Waals surface area contributed by atoms with E-state index in [9.17, 15) is 24.3 Å². The summed E-state index contributed by atoms with van der Waals surface area (Å²) in [6.07, 6.45) is 4.14. The molecule has 2 aromatic carbocycles. The summed E-state index contributed by atoms with van der Waals surface area (Å²) in [6.45, 7) is 10.1. The van der Waals surface area contributed by atoms with Crippen LogP contribution in [0, 0.1) is 5.92 Å². The minimum absolute atomic E-state index is 0.000300. The van der Waals surface area contributed by atoms with E-state index in [0.29, 0.717) is 28.9 Å². The van der Waals surface area contributed by atoms with Gasteiger partial charge in [0, 0.05) is 35.5 Å². The number of hydrogen-bond acceptors (Lipinski definition) is 7. The number of hydrogen-bond donors (Lipinski definition) is 2. The average molecular weight is 603 g/mol. The van der Waals surface area contributed by atoms with Gasteiger partial charge < -0.3 is 24.4 Å². The number of anilines is 1. The number of carbonyl (C=O) groups is 2. The highest BCUT2D eigenvalue weighted by Crippen LogP contribution is 2.59. The van der Waals surface area contributed by atoms with E-state index < -0.39 is 31.5 Å². The van der Waals surface area contributed by atoms with Crippen molar-refractivity contribution in [3.63, 3.8) is 0 Å². The van der Waals surface area contributed by atoms with Gasteiger partial charge in [0.15, 0.2) is 13.9 Å². The third-order valence-corrected chi connectivity index (χ3v) is 12.0. The third kappa shape index (κ3) is 4.57. The molecule has 3 aliphatic heterocycles. The fourth-order valence-corrected chi connectivity index (χ4v) is 10.2. The van der Waals surface area contributed by atoms with Gasteiger partial charge in [0.25, 0.3) is 11.5 Å². The summed E-state index contributed by atoms with van der Waals surface area (Å²) >= 11 is 0. The summed E-state index contributed by atoms with van der Waals surface area (Å²) in [4.78, 5) is 56.3. The van der Waals surface area contributed by atoms with Crippen molar-refractivity contribution in [2.24, 2.45) is 5.92 Å². The van der Waals surface area contributed by atoms with Crippen LogP contribution in [0.4, 0.5) is 5.69 Å². The van der Waals surface area contributed by atoms with Crippen molar-refractivity contribution in [2.45, 2.75) is 62.6 Å². The summed E-state index contributed by atoms with van der Waals surface area (Å²) in [5.74, 6) is -0.899. The van der Waals surface area contributed by atoms with E-state index in [1.54, 1.807) is 52.4 Å². The zero-order valence-corrected chi connectivity index (χ0v) is 25.8. The number of benzene rings is 2. The van der Waals surface area contributed by atoms with Crippen LogP contribution in [0.25, 0.3) is 16.5 Å². The molecular weight excluding hydrogens is 564 g/mol. The second-order valence-corrected chi connectivity index (χ2v) is 16.5. The Morgan fingerprint density at radius 2 is 2.00 bits per heavy atom. The lowest BCUT2D eigenvalue weighted by Crippen LogP contribution is -2.46. The Kier molecular flexibility index (Phi) is 7.40. The number of likely N-dealkylation sites (tertiary alicyclic amines) is 1. The molecule has 43 heavy (non-hydrogen) atoms. The molecule has 2 fully saturated rings. The van der Waals surface area contributed by atoms with E-state index in [0.717, 1.165) is 18.2 Å². The SMILES string of the molecule is C=CCN1C(=O)[C@@]2(O[C@@H](CC(=O)N3CCC[C@H]3CO)[C@H]([Si](C)(C)O)[C@H]2C)c2cc(-n3ncc4ccccc4c3=O)ccc21. The van der Waals surface area contributed by atoms with Crippen LogP contribution in [0.5, 0.6) is 0 Å². The highest BCUT2D eigenvalue weighted by Gasteiger charge is 2.66. The van der Waals surface area contributed by atoms with Crippen molar-refractivity contribution in [2.75, 3.05) is 24.6 Å². The predicted octanol–water partition coefficient (Wildman–Crippen LogP) is 3.09. The van der Waals surface area contributed by atoms with Crippen molar-refractivity contribution in [3.05, 3.63) is 77.2 Å². The Balaban J connectivity index is 1.46. The molecule has 0 radical (unpaired) electrons. The van der Waals surface area contributed by atoms with E-state index in [2.05, 4.69) is 11.7 Å². The Morgan fingerprint density at radius 3 is 2.72 bits per heavy atom. The van der Waals surface area contributed by atoms with Crippen LogP contribution < -0.4 is 10.5 Å². The van der Waals surface area contributed by atoms with Crippen molar-refractivity contribution < 1.29 is 24.2 Å². The first-order chi connectivity index (χ1) is 20.5. The molecule has 0 bridgehead atoms. The summed E-state index contributed by atoms with van der Waals surface area (Å²) in [6, 6.07) is 12.3. The van der Waals surface area contributed by atoms with E-state index in [1.165, 1.54) is 4.68 Å². The van der Waals surface area contributed by atoms with Crippen molar-refractivity contribution in [1.29, 1.82) is 0 Å². The number of fused-ring (bicyclic) bond motifs is 3. The summed E-state index contributed by atoms with van der Waals surface area (Å²) in [5.41, 5.74) is -0.487. The maximum atomic E-state index is 14.4. The van der Waals surface area contributed by atoms with Gasteiger partial charge >= 0.3 is 0 Å². The predicted molar refractivity (Wildman–Crippen MR) is 165 cm³/mol. The highest BCUT2D eigenvalue weighted by molar-refractivity contribution is 6.71. The van der Waals surface area contributed by atoms with E-state index in [1.807, 2.05) is 32.2 Å². The van der Waals surface area contributed by atoms with E-state index in [4.69, 9.17) is 4.74 Å². The number of carbonyl (C=O) groups excluding carboxylic acids is 2. The van der Waals surface area contributed by atoms with Gasteiger partial charge in [0.1, 0.15) is 0 Å². The number of aromatic nitrogens is 2. The van der Waals surface area contributed by atoms with E-state index in [-0.39, 0.29) is 43.0 Å². The van der Waals surface area contributed by atoms with Crippen molar-refractivity contribution in [3.8, 4) is 5.69 Å². The average Bonchev–Trinajstić information content (AvgIpc) is 3.64. The fourth-order valence-electron chi connectivity index (χ4n) is 7.63. The van der Waals surface area contributed by atoms with E-state index >= 15 is 0 Å². The lowest BCUT2D eigenvalue weighted by atomic mass is 9.82. The molecule has 2 amide bonds. The first-order valence-corrected chi connectivity index (χ1v) is 17.9. The Morgan fingerprint density at radius 1 is 1.23 bits per heavy atom. The van der Waals surface area contributed by atoms with Crippen LogP contribution in [0.15, 0.2) is 66.1 Å². The molecule has 0 aliphatic carbocycles. The number of amides is 2. The van der Waals surface area contributed by atoms with Crippen LogP contribution in [0.2, 0.25) is 18.6 Å². The van der Waals surface area contributed by atoms with Crippen molar-refractivity contribution in [1.82, 2.24) is 14.7 Å². The normalized spacial score (nSPS) is 27.0. The monoisotopic (exact) mass is 602 g/mol. The lowest BCUT2D eigenvalue weighted by molar-refractivity contribution is -0.149. The Hall–Kier alpha value is -3.64. The zero-order chi connectivity index (χ0) is 30.7. The minimum Gasteiger partial charge on any atom is -0.432 e. The Bertz CT molecular complexity index is 1670. The van der Waals surface area contributed by atoms with Crippen LogP contribution in [0.1, 0.15) is 31.7 Å². The van der Waals surface area contributed by atoms with Crippen LogP contribution in [0.3, 0.4) is 0 Å². The first kappa shape index (κ1) is 29.4. The molecule has 5 atom stereocenters. The van der Waals surface area contributed by atoms with Gasteiger partial charge in [0.2, 0.25) is 5.91 Å². The van der Waals surface area contributed by atoms with Gasteiger partial charge in [-0.25, -0.2) is 0 Å². The van der Waals surface area contributed by atoms with Crippen LogP contribution in [-0.4, -0.2) is 76.6 Å². The number of aliphatic hydroxyl groups is 1. The van der Waals surface area contributed by atoms with Gasteiger partial charge in [-0.05, 0) is 50.2 Å². The molecule has 1 aromatic heterocycles. The molecule has 3 aliphatic rings. The summed E-state index contributed by atoms with van der Waals surface area (Å²) in [5, 5.41) is 15.5. The topological polar surface area (TPSA) is 125 Å². The van der Waals surface area contributed by atoms with Crippen LogP contribution >= 0.6 is 0 Å². The molecule has 11 heteroatoms. The summed E-state index contributed by atoms with van der Waals surface area (Å²) in [7, 11) is -2.99. The molecular formula is C32H38N4O6Si. The quantitative estimate of drug-likeness (QED) is 0.315. The molecule has 2 saturated heterocycles. The Labute approximate surface area is 251 Å². The van der Waals surface area contributed by atoms with Gasteiger partial charge in [-0.1, -0.05) is 31.2 Å². The highest BCUT2D eigenvalue weighted by atomic mass is 28.4. The molecule has 2 N–H and O–H groups in total. The smallest absolute Gasteiger partial charge is 0.279 e. The molecule has 0 unspecified atom stereocenters. The number of nitrogens with zero attached hydrogens (tertiary/aromatic N) is 4. The minimum atomic E-state index is -2.99. The van der Waals surface area contributed by atoms with Crippen molar-refractivity contribution >= 4 is 36.6 Å². The second-order valence-electron chi connectivity index (χ2n) is 12.5. The maximum Gasteiger partial charge on any atom is 0.279 e. The van der Waals surface area contributed by atoms with Gasteiger partial charge in [-0.3, -0.25) is 14.4 Å². The molecule has 1 spiro atoms. The maximum absolute atomic E-state index is 14.4. The first-order valence-electron chi connectivity index (χ1n) is 14.9. The summed E-state index contributed by atoms with van der Waals surface area (Å²) < 4.78 is 8.12. The van der Waals surface area contributed by atoms with Gasteiger partial charge in [0.05, 0.1) is 48.1 Å². The molecule has 10 nitrogen and oxygen atoms in total. The molecule has 4 heterocycles. The number of aliphatic hydroxyl groups excluding tert-OH is 1. The zero-order valence-electron chi connectivity index (χ0n) is 24.8.